The van der Waals surface area contributed by atoms with E-state index in [4.69, 9.17) is 14.2 Å². The van der Waals surface area contributed by atoms with Crippen molar-refractivity contribution in [2.45, 2.75) is 44.4 Å². The van der Waals surface area contributed by atoms with Crippen molar-refractivity contribution in [1.82, 2.24) is 0 Å². The van der Waals surface area contributed by atoms with E-state index in [1.807, 2.05) is 0 Å². The van der Waals surface area contributed by atoms with Crippen molar-refractivity contribution in [1.29, 1.82) is 0 Å². The highest BCUT2D eigenvalue weighted by Crippen LogP contribution is 2.38. The lowest BCUT2D eigenvalue weighted by molar-refractivity contribution is 0.0200. The maximum Gasteiger partial charge on any atom is 0.0701 e. The summed E-state index contributed by atoms with van der Waals surface area (Å²) in [5.41, 5.74) is 0. The van der Waals surface area contributed by atoms with Gasteiger partial charge in [0.2, 0.25) is 0 Å². The Balaban J connectivity index is 2.05. The molecule has 1 aliphatic rings. The van der Waals surface area contributed by atoms with Crippen LogP contribution in [0, 0.1) is 17.8 Å². The zero-order chi connectivity index (χ0) is 14.8. The smallest absolute Gasteiger partial charge is 0.0701 e. The molecule has 1 rings (SSSR count). The summed E-state index contributed by atoms with van der Waals surface area (Å²) in [4.78, 5) is 0.680. The number of alkyl halides is 1. The number of halogens is 1. The molecule has 4 heteroatoms. The molecule has 1 aliphatic carbocycles. The quantitative estimate of drug-likeness (QED) is 0.441. The predicted molar refractivity (Wildman–Crippen MR) is 86.5 cm³/mol. The van der Waals surface area contributed by atoms with Crippen molar-refractivity contribution >= 4 is 15.9 Å². The van der Waals surface area contributed by atoms with E-state index in [9.17, 15) is 0 Å². The van der Waals surface area contributed by atoms with E-state index in [1.165, 1.54) is 19.3 Å². The van der Waals surface area contributed by atoms with Crippen molar-refractivity contribution in [3.05, 3.63) is 0 Å². The molecule has 3 atom stereocenters. The first-order valence-corrected chi connectivity index (χ1v) is 8.85. The highest BCUT2D eigenvalue weighted by molar-refractivity contribution is 9.09. The monoisotopic (exact) mass is 350 g/mol. The summed E-state index contributed by atoms with van der Waals surface area (Å²) in [5, 5.41) is 0. The van der Waals surface area contributed by atoms with E-state index in [0.29, 0.717) is 31.3 Å². The second-order valence-electron chi connectivity index (χ2n) is 6.10. The predicted octanol–water partition coefficient (Wildman–Crippen LogP) is 3.89. The zero-order valence-electron chi connectivity index (χ0n) is 13.3. The lowest BCUT2D eigenvalue weighted by Crippen LogP contribution is -2.28. The van der Waals surface area contributed by atoms with Crippen molar-refractivity contribution in [3.63, 3.8) is 0 Å². The molecule has 0 saturated heterocycles. The second-order valence-corrected chi connectivity index (χ2v) is 7.28. The van der Waals surface area contributed by atoms with Gasteiger partial charge < -0.3 is 14.2 Å². The van der Waals surface area contributed by atoms with Gasteiger partial charge in [0.25, 0.3) is 0 Å². The first kappa shape index (κ1) is 18.4. The van der Waals surface area contributed by atoms with E-state index < -0.39 is 0 Å². The third-order valence-corrected chi connectivity index (χ3v) is 5.52. The Morgan fingerprint density at radius 1 is 1.00 bits per heavy atom. The summed E-state index contributed by atoms with van der Waals surface area (Å²) in [6.07, 6.45) is 5.20. The zero-order valence-corrected chi connectivity index (χ0v) is 14.9. The molecule has 0 heterocycles. The normalized spacial score (nSPS) is 27.1. The van der Waals surface area contributed by atoms with E-state index in [-0.39, 0.29) is 0 Å². The molecule has 3 unspecified atom stereocenters. The molecule has 3 nitrogen and oxygen atoms in total. The number of methoxy groups -OCH3 is 1. The fourth-order valence-electron chi connectivity index (χ4n) is 2.87. The molecule has 0 radical (unpaired) electrons. The van der Waals surface area contributed by atoms with Crippen molar-refractivity contribution in [3.8, 4) is 0 Å². The maximum atomic E-state index is 5.67. The summed E-state index contributed by atoms with van der Waals surface area (Å²) >= 11 is 3.85. The molecule has 0 aliphatic heterocycles. The average molecular weight is 351 g/mol. The molecule has 0 N–H and O–H groups in total. The molecule has 0 aromatic carbocycles. The molecule has 0 spiro atoms. The van der Waals surface area contributed by atoms with E-state index in [2.05, 4.69) is 29.8 Å². The van der Waals surface area contributed by atoms with Gasteiger partial charge in [-0.25, -0.2) is 0 Å². The van der Waals surface area contributed by atoms with Crippen LogP contribution in [0.4, 0.5) is 0 Å². The summed E-state index contributed by atoms with van der Waals surface area (Å²) in [7, 11) is 1.69. The Labute approximate surface area is 132 Å². The van der Waals surface area contributed by atoms with E-state index in [0.717, 1.165) is 30.8 Å². The highest BCUT2D eigenvalue weighted by Gasteiger charge is 2.29. The Bertz CT molecular complexity index is 236. The summed E-state index contributed by atoms with van der Waals surface area (Å²) in [6, 6.07) is 0. The molecule has 0 amide bonds. The van der Waals surface area contributed by atoms with Gasteiger partial charge in [0.1, 0.15) is 0 Å². The van der Waals surface area contributed by atoms with Gasteiger partial charge in [0.05, 0.1) is 26.4 Å². The average Bonchev–Trinajstić information content (AvgIpc) is 2.43. The molecular formula is C16H31BrO3. The number of hydrogen-bond acceptors (Lipinski definition) is 3. The number of rotatable bonds is 10. The standard InChI is InChI=1S/C16H31BrO3/c1-13(2)14-4-5-16(17)15(12-14)6-7-19-10-11-20-9-8-18-3/h13-16H,4-12H2,1-3H3. The van der Waals surface area contributed by atoms with Crippen LogP contribution in [0.1, 0.15) is 39.5 Å². The van der Waals surface area contributed by atoms with Crippen LogP contribution in [0.3, 0.4) is 0 Å². The van der Waals surface area contributed by atoms with Crippen LogP contribution in [0.25, 0.3) is 0 Å². The SMILES string of the molecule is COCCOCCOCCC1CC(C(C)C)CCC1Br. The third kappa shape index (κ3) is 7.39. The summed E-state index contributed by atoms with van der Waals surface area (Å²) < 4.78 is 16.0. The Morgan fingerprint density at radius 3 is 2.30 bits per heavy atom. The van der Waals surface area contributed by atoms with Crippen LogP contribution in [-0.4, -0.2) is 45.0 Å². The van der Waals surface area contributed by atoms with Crippen LogP contribution >= 0.6 is 15.9 Å². The highest BCUT2D eigenvalue weighted by atomic mass is 79.9. The Kier molecular flexibility index (Phi) is 10.1. The van der Waals surface area contributed by atoms with Crippen LogP contribution in [0.2, 0.25) is 0 Å². The van der Waals surface area contributed by atoms with Gasteiger partial charge >= 0.3 is 0 Å². The van der Waals surface area contributed by atoms with Crippen LogP contribution < -0.4 is 0 Å². The Hall–Kier alpha value is 0.360. The minimum atomic E-state index is 0.655. The number of ether oxygens (including phenoxy) is 3. The fraction of sp³-hybridized carbons (Fsp3) is 1.00. The van der Waals surface area contributed by atoms with Gasteiger partial charge in [-0.1, -0.05) is 29.8 Å². The van der Waals surface area contributed by atoms with Gasteiger partial charge in [-0.05, 0) is 43.4 Å². The van der Waals surface area contributed by atoms with Crippen LogP contribution in [0.5, 0.6) is 0 Å². The van der Waals surface area contributed by atoms with Gasteiger partial charge in [0.15, 0.2) is 0 Å². The number of hydrogen-bond donors (Lipinski definition) is 0. The summed E-state index contributed by atoms with van der Waals surface area (Å²) in [6.45, 7) is 8.23. The topological polar surface area (TPSA) is 27.7 Å². The molecule has 1 saturated carbocycles. The van der Waals surface area contributed by atoms with Gasteiger partial charge in [-0.15, -0.1) is 0 Å². The minimum absolute atomic E-state index is 0.655. The van der Waals surface area contributed by atoms with Crippen molar-refractivity contribution < 1.29 is 14.2 Å². The van der Waals surface area contributed by atoms with Gasteiger partial charge in [-0.3, -0.25) is 0 Å². The van der Waals surface area contributed by atoms with Crippen molar-refractivity contribution in [2.75, 3.05) is 40.1 Å². The maximum absolute atomic E-state index is 5.67. The molecule has 0 bridgehead atoms. The lowest BCUT2D eigenvalue weighted by atomic mass is 9.75. The van der Waals surface area contributed by atoms with Crippen LogP contribution in [0.15, 0.2) is 0 Å². The first-order chi connectivity index (χ1) is 9.65. The molecule has 0 aromatic rings. The van der Waals surface area contributed by atoms with E-state index >= 15 is 0 Å². The first-order valence-electron chi connectivity index (χ1n) is 7.93. The van der Waals surface area contributed by atoms with Crippen LogP contribution in [-0.2, 0) is 14.2 Å². The molecule has 1 fully saturated rings. The van der Waals surface area contributed by atoms with Crippen molar-refractivity contribution in [2.24, 2.45) is 17.8 Å². The second kappa shape index (κ2) is 11.0. The Morgan fingerprint density at radius 2 is 1.65 bits per heavy atom. The van der Waals surface area contributed by atoms with Gasteiger partial charge in [0, 0.05) is 18.5 Å². The molecule has 20 heavy (non-hydrogen) atoms. The lowest BCUT2D eigenvalue weighted by Gasteiger charge is -2.35. The molecule has 0 aromatic heterocycles. The third-order valence-electron chi connectivity index (χ3n) is 4.31. The molecular weight excluding hydrogens is 320 g/mol. The summed E-state index contributed by atoms with van der Waals surface area (Å²) in [5.74, 6) is 2.48. The largest absolute Gasteiger partial charge is 0.382 e. The molecule has 120 valence electrons. The van der Waals surface area contributed by atoms with Gasteiger partial charge in [-0.2, -0.15) is 0 Å². The minimum Gasteiger partial charge on any atom is -0.382 e. The fourth-order valence-corrected chi connectivity index (χ4v) is 3.61. The van der Waals surface area contributed by atoms with E-state index in [1.54, 1.807) is 7.11 Å².